The molecule has 1 unspecified atom stereocenters. The number of hydrogen-bond donors (Lipinski definition) is 1. The molecule has 0 radical (unpaired) electrons. The van der Waals surface area contributed by atoms with E-state index in [1.54, 1.807) is 0 Å². The van der Waals surface area contributed by atoms with Crippen molar-refractivity contribution in [1.29, 1.82) is 0 Å². The van der Waals surface area contributed by atoms with E-state index in [9.17, 15) is 0 Å². The summed E-state index contributed by atoms with van der Waals surface area (Å²) >= 11 is 0. The average molecular weight is 388 g/mol. The molecule has 6 nitrogen and oxygen atoms in total. The van der Waals surface area contributed by atoms with Crippen LogP contribution in [-0.4, -0.2) is 46.1 Å². The van der Waals surface area contributed by atoms with Crippen LogP contribution in [0.5, 0.6) is 0 Å². The second kappa shape index (κ2) is 9.97. The number of aryl methyl sites for hydroxylation is 1. The van der Waals surface area contributed by atoms with Crippen molar-refractivity contribution in [3.05, 3.63) is 41.5 Å². The molecule has 2 aromatic rings. The van der Waals surface area contributed by atoms with Gasteiger partial charge in [-0.05, 0) is 24.6 Å². The molecule has 1 aliphatic rings. The quantitative estimate of drug-likeness (QED) is 0.795. The third-order valence-electron chi connectivity index (χ3n) is 4.47. The minimum atomic E-state index is 0. The summed E-state index contributed by atoms with van der Waals surface area (Å²) in [6.45, 7) is 9.21. The van der Waals surface area contributed by atoms with Crippen LogP contribution < -0.4 is 5.73 Å². The Bertz CT molecular complexity index is 643. The molecule has 1 atom stereocenters. The number of piperazine rings is 1. The highest BCUT2D eigenvalue weighted by Crippen LogP contribution is 2.21. The smallest absolute Gasteiger partial charge is 0.243 e. The van der Waals surface area contributed by atoms with Crippen LogP contribution in [0.2, 0.25) is 0 Å². The molecule has 0 bridgehead atoms. The fourth-order valence-electron chi connectivity index (χ4n) is 3.00. The van der Waals surface area contributed by atoms with Crippen molar-refractivity contribution in [2.75, 3.05) is 31.9 Å². The average Bonchev–Trinajstić information content (AvgIpc) is 3.04. The summed E-state index contributed by atoms with van der Waals surface area (Å²) in [6.07, 6.45) is 0.810. The van der Waals surface area contributed by atoms with Crippen molar-refractivity contribution in [2.45, 2.75) is 32.9 Å². The molecule has 8 heteroatoms. The number of nitrogen functional groups attached to an aromatic ring is 1. The van der Waals surface area contributed by atoms with Crippen LogP contribution in [0.3, 0.4) is 0 Å². The lowest BCUT2D eigenvalue weighted by Crippen LogP contribution is -2.46. The number of rotatable bonds is 5. The lowest BCUT2D eigenvalue weighted by atomic mass is 10.1. The van der Waals surface area contributed by atoms with Gasteiger partial charge in [0.25, 0.3) is 0 Å². The first-order valence-electron chi connectivity index (χ1n) is 8.29. The van der Waals surface area contributed by atoms with Gasteiger partial charge in [-0.1, -0.05) is 24.2 Å². The highest BCUT2D eigenvalue weighted by Gasteiger charge is 2.25. The zero-order valence-electron chi connectivity index (χ0n) is 14.7. The van der Waals surface area contributed by atoms with Gasteiger partial charge < -0.3 is 10.3 Å². The SMILES string of the molecule is CCc1noc(C(C)N2CCN(Cc3cccc(N)c3)CC2)n1.Cl.Cl. The van der Waals surface area contributed by atoms with Crippen LogP contribution in [0.1, 0.15) is 37.2 Å². The van der Waals surface area contributed by atoms with Crippen molar-refractivity contribution in [3.63, 3.8) is 0 Å². The third kappa shape index (κ3) is 5.57. The lowest BCUT2D eigenvalue weighted by molar-refractivity contribution is 0.0845. The fourth-order valence-corrected chi connectivity index (χ4v) is 3.00. The van der Waals surface area contributed by atoms with E-state index < -0.39 is 0 Å². The molecule has 3 rings (SSSR count). The molecule has 1 aromatic carbocycles. The van der Waals surface area contributed by atoms with Crippen molar-refractivity contribution in [1.82, 2.24) is 19.9 Å². The van der Waals surface area contributed by atoms with E-state index in [0.29, 0.717) is 0 Å². The van der Waals surface area contributed by atoms with Gasteiger partial charge in [0.2, 0.25) is 5.89 Å². The van der Waals surface area contributed by atoms with Gasteiger partial charge >= 0.3 is 0 Å². The second-order valence-electron chi connectivity index (χ2n) is 6.14. The molecule has 0 spiro atoms. The molecule has 1 fully saturated rings. The number of halogens is 2. The predicted octanol–water partition coefficient (Wildman–Crippen LogP) is 2.94. The van der Waals surface area contributed by atoms with Crippen LogP contribution in [0.15, 0.2) is 28.8 Å². The maximum Gasteiger partial charge on any atom is 0.243 e. The summed E-state index contributed by atoms with van der Waals surface area (Å²) in [5.74, 6) is 1.51. The van der Waals surface area contributed by atoms with Crippen LogP contribution in [0.4, 0.5) is 5.69 Å². The van der Waals surface area contributed by atoms with Gasteiger partial charge in [0.1, 0.15) is 0 Å². The molecular weight excluding hydrogens is 361 g/mol. The first-order chi connectivity index (χ1) is 11.2. The number of nitrogens with zero attached hydrogens (tertiary/aromatic N) is 4. The summed E-state index contributed by atoms with van der Waals surface area (Å²) in [7, 11) is 0. The first-order valence-corrected chi connectivity index (χ1v) is 8.29. The minimum Gasteiger partial charge on any atom is -0.399 e. The standard InChI is InChI=1S/C17H25N5O.2ClH/c1-3-16-19-17(23-20-16)13(2)22-9-7-21(8-10-22)12-14-5-4-6-15(18)11-14;;/h4-6,11,13H,3,7-10,12,18H2,1-2H3;2*1H. The third-order valence-corrected chi connectivity index (χ3v) is 4.47. The van der Waals surface area contributed by atoms with Crippen LogP contribution in [-0.2, 0) is 13.0 Å². The van der Waals surface area contributed by atoms with Gasteiger partial charge in [-0.3, -0.25) is 9.80 Å². The largest absolute Gasteiger partial charge is 0.399 e. The van der Waals surface area contributed by atoms with Gasteiger partial charge in [0.15, 0.2) is 5.82 Å². The molecule has 0 saturated carbocycles. The molecule has 2 N–H and O–H groups in total. The molecule has 2 heterocycles. The number of anilines is 1. The molecular formula is C17H27Cl2N5O. The molecule has 140 valence electrons. The van der Waals surface area contributed by atoms with Crippen molar-refractivity contribution >= 4 is 30.5 Å². The summed E-state index contributed by atoms with van der Waals surface area (Å²) in [4.78, 5) is 9.32. The summed E-state index contributed by atoms with van der Waals surface area (Å²) in [5, 5.41) is 3.99. The fraction of sp³-hybridized carbons (Fsp3) is 0.529. The second-order valence-corrected chi connectivity index (χ2v) is 6.14. The van der Waals surface area contributed by atoms with E-state index in [4.69, 9.17) is 10.3 Å². The van der Waals surface area contributed by atoms with E-state index >= 15 is 0 Å². The zero-order valence-corrected chi connectivity index (χ0v) is 16.4. The normalized spacial score (nSPS) is 16.7. The van der Waals surface area contributed by atoms with Gasteiger partial charge in [0, 0.05) is 44.8 Å². The van der Waals surface area contributed by atoms with E-state index in [1.165, 1.54) is 5.56 Å². The topological polar surface area (TPSA) is 71.4 Å². The molecule has 0 aliphatic carbocycles. The Balaban J connectivity index is 0.00000156. The number of hydrogen-bond acceptors (Lipinski definition) is 6. The van der Waals surface area contributed by atoms with E-state index in [1.807, 2.05) is 19.1 Å². The Hall–Kier alpha value is -1.34. The summed E-state index contributed by atoms with van der Waals surface area (Å²) < 4.78 is 5.38. The zero-order chi connectivity index (χ0) is 16.2. The Morgan fingerprint density at radius 1 is 1.20 bits per heavy atom. The summed E-state index contributed by atoms with van der Waals surface area (Å²) in [5.41, 5.74) is 7.96. The van der Waals surface area contributed by atoms with Crippen molar-refractivity contribution < 1.29 is 4.52 Å². The van der Waals surface area contributed by atoms with Crippen LogP contribution >= 0.6 is 24.8 Å². The van der Waals surface area contributed by atoms with Gasteiger partial charge in [-0.15, -0.1) is 24.8 Å². The molecule has 1 aliphatic heterocycles. The van der Waals surface area contributed by atoms with Gasteiger partial charge in [-0.25, -0.2) is 0 Å². The van der Waals surface area contributed by atoms with Crippen LogP contribution in [0, 0.1) is 0 Å². The van der Waals surface area contributed by atoms with Gasteiger partial charge in [-0.2, -0.15) is 4.98 Å². The van der Waals surface area contributed by atoms with Crippen molar-refractivity contribution in [2.24, 2.45) is 0 Å². The monoisotopic (exact) mass is 387 g/mol. The number of aromatic nitrogens is 2. The van der Waals surface area contributed by atoms with E-state index in [0.717, 1.165) is 56.5 Å². The molecule has 1 aromatic heterocycles. The Morgan fingerprint density at radius 3 is 2.52 bits per heavy atom. The van der Waals surface area contributed by atoms with E-state index in [2.05, 4.69) is 39.0 Å². The maximum absolute atomic E-state index is 5.85. The molecule has 25 heavy (non-hydrogen) atoms. The minimum absolute atomic E-state index is 0. The van der Waals surface area contributed by atoms with E-state index in [-0.39, 0.29) is 30.9 Å². The first kappa shape index (κ1) is 21.7. The Morgan fingerprint density at radius 2 is 1.92 bits per heavy atom. The molecule has 0 amide bonds. The van der Waals surface area contributed by atoms with Crippen molar-refractivity contribution in [3.8, 4) is 0 Å². The molecule has 1 saturated heterocycles. The number of nitrogens with two attached hydrogens (primary N) is 1. The number of benzene rings is 1. The Labute approximate surface area is 161 Å². The van der Waals surface area contributed by atoms with Crippen LogP contribution in [0.25, 0.3) is 0 Å². The lowest BCUT2D eigenvalue weighted by Gasteiger charge is -2.36. The Kier molecular flexibility index (Phi) is 8.65. The predicted molar refractivity (Wildman–Crippen MR) is 104 cm³/mol. The highest BCUT2D eigenvalue weighted by atomic mass is 35.5. The highest BCUT2D eigenvalue weighted by molar-refractivity contribution is 5.85. The summed E-state index contributed by atoms with van der Waals surface area (Å²) in [6, 6.07) is 8.31. The van der Waals surface area contributed by atoms with Gasteiger partial charge in [0.05, 0.1) is 6.04 Å². The maximum atomic E-state index is 5.85.